The maximum absolute atomic E-state index is 13.2. The van der Waals surface area contributed by atoms with E-state index in [0.717, 1.165) is 33.9 Å². The lowest BCUT2D eigenvalue weighted by Crippen LogP contribution is -2.08. The molecule has 0 aliphatic heterocycles. The van der Waals surface area contributed by atoms with Gasteiger partial charge in [0, 0.05) is 12.6 Å². The molecule has 0 spiro atoms. The first-order chi connectivity index (χ1) is 13.2. The highest BCUT2D eigenvalue weighted by molar-refractivity contribution is 5.76. The standard InChI is InChI=1S/C22H19FN2O2/c1-26-18-5-4-6-19(13-18)27-15-22-24-20-7-2-3-8-21(20)25(22)14-16-9-11-17(23)12-10-16/h2-13H,14-15H2,1H3. The lowest BCUT2D eigenvalue weighted by Gasteiger charge is -2.11. The molecule has 0 saturated carbocycles. The van der Waals surface area contributed by atoms with Gasteiger partial charge in [0.15, 0.2) is 0 Å². The van der Waals surface area contributed by atoms with E-state index in [2.05, 4.69) is 4.57 Å². The summed E-state index contributed by atoms with van der Waals surface area (Å²) < 4.78 is 26.5. The van der Waals surface area contributed by atoms with Crippen LogP contribution in [0.25, 0.3) is 11.0 Å². The molecule has 4 rings (SSSR count). The Balaban J connectivity index is 1.64. The zero-order valence-corrected chi connectivity index (χ0v) is 14.9. The van der Waals surface area contributed by atoms with Gasteiger partial charge in [-0.2, -0.15) is 0 Å². The second kappa shape index (κ2) is 7.50. The second-order valence-electron chi connectivity index (χ2n) is 6.20. The first kappa shape index (κ1) is 17.1. The average molecular weight is 362 g/mol. The monoisotopic (exact) mass is 362 g/mol. The molecule has 0 atom stereocenters. The van der Waals surface area contributed by atoms with Gasteiger partial charge in [-0.15, -0.1) is 0 Å². The maximum Gasteiger partial charge on any atom is 0.148 e. The molecule has 0 unspecified atom stereocenters. The molecule has 0 fully saturated rings. The summed E-state index contributed by atoms with van der Waals surface area (Å²) in [6, 6.07) is 22.0. The molecule has 27 heavy (non-hydrogen) atoms. The Kier molecular flexibility index (Phi) is 4.75. The fraction of sp³-hybridized carbons (Fsp3) is 0.136. The number of hydrogen-bond acceptors (Lipinski definition) is 3. The van der Waals surface area contributed by atoms with Crippen LogP contribution in [0.3, 0.4) is 0 Å². The van der Waals surface area contributed by atoms with E-state index in [1.165, 1.54) is 12.1 Å². The highest BCUT2D eigenvalue weighted by atomic mass is 19.1. The van der Waals surface area contributed by atoms with Crippen LogP contribution in [0.15, 0.2) is 72.8 Å². The van der Waals surface area contributed by atoms with Crippen LogP contribution in [0.1, 0.15) is 11.4 Å². The Morgan fingerprint density at radius 3 is 2.52 bits per heavy atom. The van der Waals surface area contributed by atoms with E-state index in [9.17, 15) is 4.39 Å². The molecule has 0 aliphatic carbocycles. The van der Waals surface area contributed by atoms with Crippen LogP contribution >= 0.6 is 0 Å². The van der Waals surface area contributed by atoms with E-state index < -0.39 is 0 Å². The number of fused-ring (bicyclic) bond motifs is 1. The molecule has 0 bridgehead atoms. The fourth-order valence-electron chi connectivity index (χ4n) is 3.02. The third-order valence-corrected chi connectivity index (χ3v) is 4.40. The molecule has 0 N–H and O–H groups in total. The molecular formula is C22H19FN2O2. The normalized spacial score (nSPS) is 10.9. The van der Waals surface area contributed by atoms with Crippen molar-refractivity contribution >= 4 is 11.0 Å². The quantitative estimate of drug-likeness (QED) is 0.494. The van der Waals surface area contributed by atoms with E-state index in [1.807, 2.05) is 48.5 Å². The number of hydrogen-bond donors (Lipinski definition) is 0. The summed E-state index contributed by atoms with van der Waals surface area (Å²) in [5, 5.41) is 0. The van der Waals surface area contributed by atoms with Crippen molar-refractivity contribution in [2.24, 2.45) is 0 Å². The van der Waals surface area contributed by atoms with Crippen molar-refractivity contribution in [3.05, 3.63) is 90.0 Å². The Bertz CT molecular complexity index is 1060. The summed E-state index contributed by atoms with van der Waals surface area (Å²) in [5.41, 5.74) is 2.93. The van der Waals surface area contributed by atoms with Gasteiger partial charge in [-0.25, -0.2) is 9.37 Å². The predicted octanol–water partition coefficient (Wildman–Crippen LogP) is 4.81. The van der Waals surface area contributed by atoms with Gasteiger partial charge in [-0.1, -0.05) is 30.3 Å². The number of para-hydroxylation sites is 2. The molecule has 0 amide bonds. The Morgan fingerprint density at radius 2 is 1.70 bits per heavy atom. The lowest BCUT2D eigenvalue weighted by molar-refractivity contribution is 0.289. The molecular weight excluding hydrogens is 343 g/mol. The Labute approximate surface area is 156 Å². The zero-order chi connectivity index (χ0) is 18.6. The molecule has 3 aromatic carbocycles. The molecule has 4 nitrogen and oxygen atoms in total. The maximum atomic E-state index is 13.2. The van der Waals surface area contributed by atoms with Gasteiger partial charge in [0.1, 0.15) is 29.7 Å². The highest BCUT2D eigenvalue weighted by Gasteiger charge is 2.12. The van der Waals surface area contributed by atoms with Crippen molar-refractivity contribution in [1.29, 1.82) is 0 Å². The van der Waals surface area contributed by atoms with Gasteiger partial charge in [0.05, 0.1) is 18.1 Å². The average Bonchev–Trinajstić information content (AvgIpc) is 3.06. The Morgan fingerprint density at radius 1 is 0.926 bits per heavy atom. The molecule has 1 aromatic heterocycles. The predicted molar refractivity (Wildman–Crippen MR) is 103 cm³/mol. The molecule has 1 heterocycles. The molecule has 0 saturated heterocycles. The summed E-state index contributed by atoms with van der Waals surface area (Å²) in [4.78, 5) is 4.72. The minimum Gasteiger partial charge on any atom is -0.497 e. The van der Waals surface area contributed by atoms with Crippen molar-refractivity contribution < 1.29 is 13.9 Å². The number of imidazole rings is 1. The van der Waals surface area contributed by atoms with Gasteiger partial charge in [-0.3, -0.25) is 0 Å². The van der Waals surface area contributed by atoms with Crippen LogP contribution in [0.4, 0.5) is 4.39 Å². The Hall–Kier alpha value is -3.34. The van der Waals surface area contributed by atoms with Crippen molar-refractivity contribution in [1.82, 2.24) is 9.55 Å². The van der Waals surface area contributed by atoms with Crippen LogP contribution in [-0.2, 0) is 13.2 Å². The number of halogens is 1. The van der Waals surface area contributed by atoms with Crippen molar-refractivity contribution in [2.75, 3.05) is 7.11 Å². The van der Waals surface area contributed by atoms with Gasteiger partial charge >= 0.3 is 0 Å². The zero-order valence-electron chi connectivity index (χ0n) is 14.9. The van der Waals surface area contributed by atoms with E-state index in [0.29, 0.717) is 13.2 Å². The number of methoxy groups -OCH3 is 1. The SMILES string of the molecule is COc1cccc(OCc2nc3ccccc3n2Cc2ccc(F)cc2)c1. The second-order valence-corrected chi connectivity index (χ2v) is 6.20. The summed E-state index contributed by atoms with van der Waals surface area (Å²) in [6.45, 7) is 0.917. The first-order valence-corrected chi connectivity index (χ1v) is 8.68. The molecule has 5 heteroatoms. The topological polar surface area (TPSA) is 36.3 Å². The number of aromatic nitrogens is 2. The summed E-state index contributed by atoms with van der Waals surface area (Å²) in [6.07, 6.45) is 0. The summed E-state index contributed by atoms with van der Waals surface area (Å²) in [7, 11) is 1.63. The number of benzene rings is 3. The van der Waals surface area contributed by atoms with Gasteiger partial charge < -0.3 is 14.0 Å². The van der Waals surface area contributed by atoms with Crippen LogP contribution in [-0.4, -0.2) is 16.7 Å². The van der Waals surface area contributed by atoms with E-state index >= 15 is 0 Å². The number of rotatable bonds is 6. The largest absolute Gasteiger partial charge is 0.497 e. The smallest absolute Gasteiger partial charge is 0.148 e. The summed E-state index contributed by atoms with van der Waals surface area (Å²) >= 11 is 0. The number of nitrogens with zero attached hydrogens (tertiary/aromatic N) is 2. The molecule has 0 aliphatic rings. The van der Waals surface area contributed by atoms with Crippen LogP contribution in [0.5, 0.6) is 11.5 Å². The molecule has 4 aromatic rings. The summed E-state index contributed by atoms with van der Waals surface area (Å²) in [5.74, 6) is 2.03. The molecule has 136 valence electrons. The highest BCUT2D eigenvalue weighted by Crippen LogP contribution is 2.22. The third kappa shape index (κ3) is 3.77. The van der Waals surface area contributed by atoms with Gasteiger partial charge in [0.25, 0.3) is 0 Å². The van der Waals surface area contributed by atoms with Crippen LogP contribution < -0.4 is 9.47 Å². The van der Waals surface area contributed by atoms with E-state index in [1.54, 1.807) is 19.2 Å². The van der Waals surface area contributed by atoms with E-state index in [-0.39, 0.29) is 5.82 Å². The van der Waals surface area contributed by atoms with Gasteiger partial charge in [0.2, 0.25) is 0 Å². The van der Waals surface area contributed by atoms with Crippen molar-refractivity contribution in [3.8, 4) is 11.5 Å². The van der Waals surface area contributed by atoms with Gasteiger partial charge in [-0.05, 0) is 42.0 Å². The first-order valence-electron chi connectivity index (χ1n) is 8.68. The van der Waals surface area contributed by atoms with E-state index in [4.69, 9.17) is 14.5 Å². The minimum atomic E-state index is -0.240. The lowest BCUT2D eigenvalue weighted by atomic mass is 10.2. The molecule has 0 radical (unpaired) electrons. The van der Waals surface area contributed by atoms with Crippen molar-refractivity contribution in [3.63, 3.8) is 0 Å². The third-order valence-electron chi connectivity index (χ3n) is 4.40. The fourth-order valence-corrected chi connectivity index (χ4v) is 3.02. The minimum absolute atomic E-state index is 0.240. The van der Waals surface area contributed by atoms with Crippen molar-refractivity contribution in [2.45, 2.75) is 13.2 Å². The van der Waals surface area contributed by atoms with Crippen LogP contribution in [0.2, 0.25) is 0 Å². The number of ether oxygens (including phenoxy) is 2. The van der Waals surface area contributed by atoms with Crippen LogP contribution in [0, 0.1) is 5.82 Å².